The van der Waals surface area contributed by atoms with Crippen LogP contribution in [0.2, 0.25) is 0 Å². The number of aromatic nitrogens is 2. The summed E-state index contributed by atoms with van der Waals surface area (Å²) in [5.41, 5.74) is 2.22. The highest BCUT2D eigenvalue weighted by Gasteiger charge is 2.29. The van der Waals surface area contributed by atoms with E-state index in [1.165, 1.54) is 12.1 Å². The fourth-order valence-corrected chi connectivity index (χ4v) is 2.65. The van der Waals surface area contributed by atoms with Gasteiger partial charge in [-0.05, 0) is 60.7 Å². The highest BCUT2D eigenvalue weighted by atomic mass is 19.4. The van der Waals surface area contributed by atoms with Crippen molar-refractivity contribution in [2.45, 2.75) is 6.18 Å². The van der Waals surface area contributed by atoms with E-state index in [0.717, 1.165) is 28.9 Å². The van der Waals surface area contributed by atoms with Crippen molar-refractivity contribution < 1.29 is 17.7 Å². The zero-order valence-electron chi connectivity index (χ0n) is 14.4. The van der Waals surface area contributed by atoms with Crippen molar-refractivity contribution in [3.8, 4) is 22.8 Å². The first-order valence-electron chi connectivity index (χ1n) is 8.43. The molecule has 0 fully saturated rings. The van der Waals surface area contributed by atoms with E-state index in [4.69, 9.17) is 4.52 Å². The highest BCUT2D eigenvalue weighted by molar-refractivity contribution is 5.66. The molecule has 1 N–H and O–H groups in total. The van der Waals surface area contributed by atoms with E-state index in [-0.39, 0.29) is 0 Å². The number of benzene rings is 3. The molecule has 0 saturated carbocycles. The predicted molar refractivity (Wildman–Crippen MR) is 99.9 cm³/mol. The minimum absolute atomic E-state index is 0.433. The number of anilines is 2. The Labute approximate surface area is 158 Å². The second-order valence-electron chi connectivity index (χ2n) is 6.07. The molecule has 140 valence electrons. The average Bonchev–Trinajstić information content (AvgIpc) is 3.19. The molecule has 4 rings (SSSR count). The smallest absolute Gasteiger partial charge is 0.356 e. The quantitative estimate of drug-likeness (QED) is 0.460. The van der Waals surface area contributed by atoms with Crippen molar-refractivity contribution in [1.29, 1.82) is 0 Å². The summed E-state index contributed by atoms with van der Waals surface area (Å²) in [6, 6.07) is 21.5. The third kappa shape index (κ3) is 3.88. The molecule has 28 heavy (non-hydrogen) atoms. The van der Waals surface area contributed by atoms with E-state index in [9.17, 15) is 13.2 Å². The average molecular weight is 381 g/mol. The lowest BCUT2D eigenvalue weighted by Crippen LogP contribution is -2.04. The molecular formula is C21H14F3N3O. The first-order chi connectivity index (χ1) is 13.5. The van der Waals surface area contributed by atoms with Gasteiger partial charge in [-0.1, -0.05) is 23.4 Å². The van der Waals surface area contributed by atoms with Gasteiger partial charge in [-0.15, -0.1) is 0 Å². The van der Waals surface area contributed by atoms with E-state index in [2.05, 4.69) is 15.5 Å². The molecule has 7 heteroatoms. The Morgan fingerprint density at radius 3 is 1.93 bits per heavy atom. The summed E-state index contributed by atoms with van der Waals surface area (Å²) in [5.74, 6) is 0.891. The van der Waals surface area contributed by atoms with Crippen molar-refractivity contribution in [3.63, 3.8) is 0 Å². The maximum absolute atomic E-state index is 12.6. The van der Waals surface area contributed by atoms with Crippen molar-refractivity contribution in [1.82, 2.24) is 10.1 Å². The van der Waals surface area contributed by atoms with E-state index in [1.54, 1.807) is 12.1 Å². The van der Waals surface area contributed by atoms with Crippen LogP contribution in [-0.2, 0) is 6.18 Å². The monoisotopic (exact) mass is 381 g/mol. The topological polar surface area (TPSA) is 51.0 Å². The van der Waals surface area contributed by atoms with Gasteiger partial charge in [0.15, 0.2) is 0 Å². The van der Waals surface area contributed by atoms with Gasteiger partial charge in [0.05, 0.1) is 5.56 Å². The number of halogens is 3. The van der Waals surface area contributed by atoms with Gasteiger partial charge in [-0.25, -0.2) is 0 Å². The fourth-order valence-electron chi connectivity index (χ4n) is 2.65. The van der Waals surface area contributed by atoms with Gasteiger partial charge >= 0.3 is 6.18 Å². The second kappa shape index (κ2) is 7.19. The molecular weight excluding hydrogens is 367 g/mol. The Morgan fingerprint density at radius 2 is 1.32 bits per heavy atom. The molecule has 0 aliphatic carbocycles. The SMILES string of the molecule is FC(F)(F)c1ccc(Nc2ccc(-c3noc(-c4ccccc4)n3)cc2)cc1. The molecule has 0 saturated heterocycles. The summed E-state index contributed by atoms with van der Waals surface area (Å²) >= 11 is 0. The van der Waals surface area contributed by atoms with E-state index < -0.39 is 11.7 Å². The Hall–Kier alpha value is -3.61. The maximum Gasteiger partial charge on any atom is 0.416 e. The van der Waals surface area contributed by atoms with Gasteiger partial charge in [-0.3, -0.25) is 0 Å². The molecule has 0 aliphatic rings. The second-order valence-corrected chi connectivity index (χ2v) is 6.07. The Bertz CT molecular complexity index is 1060. The third-order valence-electron chi connectivity index (χ3n) is 4.09. The molecule has 0 aliphatic heterocycles. The predicted octanol–water partition coefficient (Wildman–Crippen LogP) is 6.17. The number of hydrogen-bond acceptors (Lipinski definition) is 4. The first-order valence-corrected chi connectivity index (χ1v) is 8.43. The van der Waals surface area contributed by atoms with E-state index in [0.29, 0.717) is 17.4 Å². The Morgan fingerprint density at radius 1 is 0.714 bits per heavy atom. The van der Waals surface area contributed by atoms with Crippen LogP contribution in [0.25, 0.3) is 22.8 Å². The van der Waals surface area contributed by atoms with Crippen LogP contribution in [0.5, 0.6) is 0 Å². The van der Waals surface area contributed by atoms with Crippen LogP contribution in [0.3, 0.4) is 0 Å². The summed E-state index contributed by atoms with van der Waals surface area (Å²) < 4.78 is 43.2. The van der Waals surface area contributed by atoms with Gasteiger partial charge in [0, 0.05) is 22.5 Å². The number of rotatable bonds is 4. The van der Waals surface area contributed by atoms with Crippen LogP contribution < -0.4 is 5.32 Å². The summed E-state index contributed by atoms with van der Waals surface area (Å²) in [6.45, 7) is 0. The number of alkyl halides is 3. The van der Waals surface area contributed by atoms with Crippen LogP contribution >= 0.6 is 0 Å². The highest BCUT2D eigenvalue weighted by Crippen LogP contribution is 2.30. The molecule has 0 unspecified atom stereocenters. The molecule has 1 heterocycles. The normalized spacial score (nSPS) is 11.4. The third-order valence-corrected chi connectivity index (χ3v) is 4.09. The summed E-state index contributed by atoms with van der Waals surface area (Å²) in [4.78, 5) is 4.39. The van der Waals surface area contributed by atoms with Crippen LogP contribution in [0.15, 0.2) is 83.4 Å². The van der Waals surface area contributed by atoms with Gasteiger partial charge < -0.3 is 9.84 Å². The van der Waals surface area contributed by atoms with Gasteiger partial charge in [-0.2, -0.15) is 18.2 Å². The largest absolute Gasteiger partial charge is 0.416 e. The van der Waals surface area contributed by atoms with Gasteiger partial charge in [0.2, 0.25) is 5.82 Å². The van der Waals surface area contributed by atoms with Gasteiger partial charge in [0.25, 0.3) is 5.89 Å². The lowest BCUT2D eigenvalue weighted by atomic mass is 10.1. The fraction of sp³-hybridized carbons (Fsp3) is 0.0476. The first kappa shape index (κ1) is 17.8. The van der Waals surface area contributed by atoms with Gasteiger partial charge in [0.1, 0.15) is 0 Å². The Balaban J connectivity index is 1.48. The molecule has 0 amide bonds. The minimum atomic E-state index is -4.34. The minimum Gasteiger partial charge on any atom is -0.356 e. The van der Waals surface area contributed by atoms with Crippen molar-refractivity contribution in [3.05, 3.63) is 84.4 Å². The van der Waals surface area contributed by atoms with Crippen LogP contribution in [-0.4, -0.2) is 10.1 Å². The molecule has 0 radical (unpaired) electrons. The standard InChI is InChI=1S/C21H14F3N3O/c22-21(23,24)16-8-12-18(13-9-16)25-17-10-6-14(7-11-17)19-26-20(28-27-19)15-4-2-1-3-5-15/h1-13,25H. The lowest BCUT2D eigenvalue weighted by Gasteiger charge is -2.09. The molecule has 4 nitrogen and oxygen atoms in total. The zero-order chi connectivity index (χ0) is 19.6. The van der Waals surface area contributed by atoms with Crippen molar-refractivity contribution in [2.75, 3.05) is 5.32 Å². The molecule has 0 spiro atoms. The molecule has 0 bridgehead atoms. The summed E-state index contributed by atoms with van der Waals surface area (Å²) in [6.07, 6.45) is -4.34. The van der Waals surface area contributed by atoms with Crippen molar-refractivity contribution in [2.24, 2.45) is 0 Å². The number of nitrogens with one attached hydrogen (secondary N) is 1. The summed E-state index contributed by atoms with van der Waals surface area (Å²) in [7, 11) is 0. The Kier molecular flexibility index (Phi) is 4.57. The molecule has 0 atom stereocenters. The maximum atomic E-state index is 12.6. The zero-order valence-corrected chi connectivity index (χ0v) is 14.4. The van der Waals surface area contributed by atoms with Crippen LogP contribution in [0.1, 0.15) is 5.56 Å². The summed E-state index contributed by atoms with van der Waals surface area (Å²) in [5, 5.41) is 7.06. The molecule has 1 aromatic heterocycles. The van der Waals surface area contributed by atoms with Crippen LogP contribution in [0.4, 0.5) is 24.5 Å². The van der Waals surface area contributed by atoms with E-state index in [1.807, 2.05) is 42.5 Å². The van der Waals surface area contributed by atoms with E-state index >= 15 is 0 Å². The van der Waals surface area contributed by atoms with Crippen LogP contribution in [0, 0.1) is 0 Å². The number of hydrogen-bond donors (Lipinski definition) is 1. The lowest BCUT2D eigenvalue weighted by molar-refractivity contribution is -0.137. The number of nitrogens with zero attached hydrogens (tertiary/aromatic N) is 2. The molecule has 3 aromatic carbocycles. The molecule has 4 aromatic rings. The van der Waals surface area contributed by atoms with Crippen molar-refractivity contribution >= 4 is 11.4 Å².